The molecule has 0 nitrogen and oxygen atoms in total. The molecule has 2 rings (SSSR count). The molecule has 86 valence electrons. The van der Waals surface area contributed by atoms with Crippen molar-refractivity contribution in [2.45, 2.75) is 70.6 Å². The lowest BCUT2D eigenvalue weighted by atomic mass is 9.69. The van der Waals surface area contributed by atoms with Gasteiger partial charge in [0.05, 0.1) is 0 Å². The molecule has 2 radical (unpaired) electrons. The second-order valence-electron chi connectivity index (χ2n) is 5.49. The molecule has 0 aromatic carbocycles. The van der Waals surface area contributed by atoms with Crippen molar-refractivity contribution in [3.63, 3.8) is 0 Å². The monoisotopic (exact) mass is 206 g/mol. The predicted octanol–water partition coefficient (Wildman–Crippen LogP) is 4.95. The Morgan fingerprint density at radius 3 is 1.47 bits per heavy atom. The average molecular weight is 206 g/mol. The largest absolute Gasteiger partial charge is 0.0533 e. The van der Waals surface area contributed by atoms with Gasteiger partial charge in [0.1, 0.15) is 0 Å². The van der Waals surface area contributed by atoms with Crippen LogP contribution in [-0.2, 0) is 0 Å². The van der Waals surface area contributed by atoms with Crippen molar-refractivity contribution in [2.24, 2.45) is 11.8 Å². The van der Waals surface area contributed by atoms with E-state index >= 15 is 0 Å². The van der Waals surface area contributed by atoms with Gasteiger partial charge in [-0.3, -0.25) is 0 Å². The van der Waals surface area contributed by atoms with Gasteiger partial charge in [0.25, 0.3) is 0 Å². The summed E-state index contributed by atoms with van der Waals surface area (Å²) in [4.78, 5) is 0. The van der Waals surface area contributed by atoms with Crippen LogP contribution >= 0.6 is 0 Å². The average Bonchev–Trinajstić information content (AvgIpc) is 2.33. The van der Waals surface area contributed by atoms with Crippen LogP contribution in [0.4, 0.5) is 0 Å². The Kier molecular flexibility index (Phi) is 4.53. The molecular formula is C15H26. The van der Waals surface area contributed by atoms with E-state index in [0.717, 1.165) is 18.3 Å². The maximum Gasteiger partial charge on any atom is -0.0179 e. The molecule has 2 saturated carbocycles. The van der Waals surface area contributed by atoms with Crippen LogP contribution in [0.5, 0.6) is 0 Å². The lowest BCUT2D eigenvalue weighted by Crippen LogP contribution is -2.24. The van der Waals surface area contributed by atoms with E-state index in [4.69, 9.17) is 0 Å². The zero-order valence-electron chi connectivity index (χ0n) is 10.1. The highest BCUT2D eigenvalue weighted by molar-refractivity contribution is 5.04. The molecule has 2 fully saturated rings. The minimum Gasteiger partial charge on any atom is -0.0533 e. The highest BCUT2D eigenvalue weighted by atomic mass is 14.3. The summed E-state index contributed by atoms with van der Waals surface area (Å²) in [5.74, 6) is 3.77. The smallest absolute Gasteiger partial charge is 0.0179 e. The quantitative estimate of drug-likeness (QED) is 0.613. The molecule has 0 atom stereocenters. The van der Waals surface area contributed by atoms with Gasteiger partial charge in [-0.15, -0.1) is 0 Å². The first-order chi connectivity index (χ1) is 7.42. The minimum atomic E-state index is 0.958. The second kappa shape index (κ2) is 5.92. The highest BCUT2D eigenvalue weighted by Crippen LogP contribution is 2.42. The van der Waals surface area contributed by atoms with E-state index in [0.29, 0.717) is 0 Å². The first-order valence-electron chi connectivity index (χ1n) is 7.06. The molecule has 0 aromatic heterocycles. The Hall–Kier alpha value is 0. The van der Waals surface area contributed by atoms with E-state index in [1.54, 1.807) is 0 Å². The Morgan fingerprint density at radius 2 is 1.13 bits per heavy atom. The van der Waals surface area contributed by atoms with Crippen LogP contribution < -0.4 is 0 Å². The van der Waals surface area contributed by atoms with Gasteiger partial charge in [-0.25, -0.2) is 0 Å². The number of rotatable bonds is 3. The van der Waals surface area contributed by atoms with Gasteiger partial charge in [-0.2, -0.15) is 0 Å². The fourth-order valence-electron chi connectivity index (χ4n) is 3.69. The van der Waals surface area contributed by atoms with Crippen LogP contribution in [0.2, 0.25) is 0 Å². The van der Waals surface area contributed by atoms with E-state index in [-0.39, 0.29) is 0 Å². The Morgan fingerprint density at radius 1 is 0.733 bits per heavy atom. The van der Waals surface area contributed by atoms with Crippen LogP contribution in [0.3, 0.4) is 0 Å². The molecule has 0 amide bonds. The molecule has 0 spiro atoms. The van der Waals surface area contributed by atoms with E-state index in [2.05, 4.69) is 6.92 Å². The molecule has 0 aromatic rings. The third-order valence-electron chi connectivity index (χ3n) is 4.55. The molecular weight excluding hydrogens is 180 g/mol. The number of hydrogen-bond acceptors (Lipinski definition) is 0. The van der Waals surface area contributed by atoms with Crippen LogP contribution in [0.15, 0.2) is 0 Å². The molecule has 0 heteroatoms. The summed E-state index contributed by atoms with van der Waals surface area (Å²) in [5, 5.41) is 0. The summed E-state index contributed by atoms with van der Waals surface area (Å²) in [6, 6.07) is 0. The third-order valence-corrected chi connectivity index (χ3v) is 4.55. The molecule has 0 heterocycles. The zero-order chi connectivity index (χ0) is 10.5. The van der Waals surface area contributed by atoms with E-state index in [1.807, 2.05) is 5.92 Å². The summed E-state index contributed by atoms with van der Waals surface area (Å²) in [6.07, 6.45) is 15.9. The van der Waals surface area contributed by atoms with Crippen molar-refractivity contribution in [2.75, 3.05) is 0 Å². The standard InChI is InChI=1S/C15H26/c1-2-15(13-9-5-3-6-10-13)14-11-7-4-8-12-14/h13-14H,1-12H2. The normalized spacial score (nSPS) is 26.0. The molecule has 0 N–H and O–H groups in total. The third kappa shape index (κ3) is 2.98. The predicted molar refractivity (Wildman–Crippen MR) is 66.4 cm³/mol. The first kappa shape index (κ1) is 11.5. The van der Waals surface area contributed by atoms with Gasteiger partial charge >= 0.3 is 0 Å². The Balaban J connectivity index is 1.88. The van der Waals surface area contributed by atoms with Crippen LogP contribution in [0, 0.1) is 24.7 Å². The van der Waals surface area contributed by atoms with E-state index < -0.39 is 0 Å². The molecule has 15 heavy (non-hydrogen) atoms. The summed E-state index contributed by atoms with van der Waals surface area (Å²) in [6.45, 7) is 4.20. The van der Waals surface area contributed by atoms with Gasteiger partial charge in [-0.1, -0.05) is 45.4 Å². The lowest BCUT2D eigenvalue weighted by molar-refractivity contribution is 0.271. The van der Waals surface area contributed by atoms with Gasteiger partial charge in [-0.05, 0) is 49.9 Å². The van der Waals surface area contributed by atoms with Crippen molar-refractivity contribution < 1.29 is 0 Å². The summed E-state index contributed by atoms with van der Waals surface area (Å²) in [5.41, 5.74) is 0. The van der Waals surface area contributed by atoms with Crippen molar-refractivity contribution >= 4 is 0 Å². The second-order valence-corrected chi connectivity index (χ2v) is 5.49. The zero-order valence-corrected chi connectivity index (χ0v) is 10.1. The summed E-state index contributed by atoms with van der Waals surface area (Å²) < 4.78 is 0. The Bertz CT molecular complexity index is 143. The molecule has 0 bridgehead atoms. The van der Waals surface area contributed by atoms with Gasteiger partial charge < -0.3 is 0 Å². The first-order valence-corrected chi connectivity index (χ1v) is 7.06. The fourth-order valence-corrected chi connectivity index (χ4v) is 3.69. The van der Waals surface area contributed by atoms with Crippen molar-refractivity contribution in [3.8, 4) is 0 Å². The van der Waals surface area contributed by atoms with Crippen LogP contribution in [-0.4, -0.2) is 0 Å². The molecule has 0 saturated heterocycles. The molecule has 2 aliphatic rings. The maximum atomic E-state index is 4.20. The molecule has 0 aliphatic heterocycles. The van der Waals surface area contributed by atoms with Crippen LogP contribution in [0.25, 0.3) is 0 Å². The van der Waals surface area contributed by atoms with Crippen LogP contribution in [0.1, 0.15) is 70.6 Å². The Labute approximate surface area is 95.8 Å². The molecule has 2 aliphatic carbocycles. The van der Waals surface area contributed by atoms with E-state index in [1.165, 1.54) is 64.2 Å². The lowest BCUT2D eigenvalue weighted by Gasteiger charge is -2.36. The van der Waals surface area contributed by atoms with Crippen molar-refractivity contribution in [1.29, 1.82) is 0 Å². The summed E-state index contributed by atoms with van der Waals surface area (Å²) >= 11 is 0. The van der Waals surface area contributed by atoms with Crippen molar-refractivity contribution in [1.82, 2.24) is 0 Å². The summed E-state index contributed by atoms with van der Waals surface area (Å²) in [7, 11) is 0. The SMILES string of the molecule is [CH2]C[C](C1CCCCC1)C1CCCCC1. The van der Waals surface area contributed by atoms with Crippen molar-refractivity contribution in [3.05, 3.63) is 12.8 Å². The highest BCUT2D eigenvalue weighted by Gasteiger charge is 2.30. The fraction of sp³-hybridized carbons (Fsp3) is 0.867. The maximum absolute atomic E-state index is 4.20. The number of hydrogen-bond donors (Lipinski definition) is 0. The minimum absolute atomic E-state index is 0.958. The topological polar surface area (TPSA) is 0 Å². The van der Waals surface area contributed by atoms with Gasteiger partial charge in [0, 0.05) is 0 Å². The van der Waals surface area contributed by atoms with E-state index in [9.17, 15) is 0 Å². The van der Waals surface area contributed by atoms with Gasteiger partial charge in [0.2, 0.25) is 0 Å². The molecule has 0 unspecified atom stereocenters. The van der Waals surface area contributed by atoms with Gasteiger partial charge in [0.15, 0.2) is 0 Å².